The fourth-order valence-corrected chi connectivity index (χ4v) is 3.19. The van der Waals surface area contributed by atoms with E-state index in [1.54, 1.807) is 6.07 Å². The van der Waals surface area contributed by atoms with Gasteiger partial charge in [0, 0.05) is 26.2 Å². The Morgan fingerprint density at radius 1 is 1.48 bits per heavy atom. The van der Waals surface area contributed by atoms with E-state index in [4.69, 9.17) is 0 Å². The highest BCUT2D eigenvalue weighted by Gasteiger charge is 2.22. The summed E-state index contributed by atoms with van der Waals surface area (Å²) in [4.78, 5) is 4.40. The molecule has 0 aromatic heterocycles. The number of nitrogens with zero attached hydrogens (tertiary/aromatic N) is 2. The standard InChI is InChI=1S/C17H28FN3/c1-5-19-13(2)15-6-7-17(16(18)10-15)21(4)12-14-8-9-20(3)11-14/h6-7,10,13-14,19H,5,8-9,11-12H2,1-4H3. The number of benzene rings is 1. The number of nitrogens with one attached hydrogen (secondary N) is 1. The van der Waals surface area contributed by atoms with E-state index in [2.05, 4.69) is 36.0 Å². The topological polar surface area (TPSA) is 18.5 Å². The Balaban J connectivity index is 2.02. The van der Waals surface area contributed by atoms with Crippen LogP contribution < -0.4 is 10.2 Å². The first-order valence-electron chi connectivity index (χ1n) is 7.93. The molecule has 2 unspecified atom stereocenters. The van der Waals surface area contributed by atoms with Gasteiger partial charge in [0.1, 0.15) is 5.82 Å². The van der Waals surface area contributed by atoms with Crippen LogP contribution in [0.15, 0.2) is 18.2 Å². The Hall–Kier alpha value is -1.13. The molecule has 1 aromatic rings. The maximum absolute atomic E-state index is 14.4. The van der Waals surface area contributed by atoms with Crippen molar-refractivity contribution in [1.29, 1.82) is 0 Å². The molecule has 2 rings (SSSR count). The van der Waals surface area contributed by atoms with Crippen LogP contribution in [-0.2, 0) is 0 Å². The highest BCUT2D eigenvalue weighted by atomic mass is 19.1. The Bertz CT molecular complexity index is 463. The van der Waals surface area contributed by atoms with Crippen LogP contribution in [0, 0.1) is 11.7 Å². The Labute approximate surface area is 128 Å². The van der Waals surface area contributed by atoms with E-state index in [0.717, 1.165) is 31.7 Å². The van der Waals surface area contributed by atoms with Crippen molar-refractivity contribution in [3.05, 3.63) is 29.6 Å². The van der Waals surface area contributed by atoms with Gasteiger partial charge in [-0.15, -0.1) is 0 Å². The zero-order chi connectivity index (χ0) is 15.4. The molecule has 0 bridgehead atoms. The molecule has 118 valence electrons. The number of likely N-dealkylation sites (tertiary alicyclic amines) is 1. The van der Waals surface area contributed by atoms with E-state index >= 15 is 0 Å². The lowest BCUT2D eigenvalue weighted by Crippen LogP contribution is -2.28. The van der Waals surface area contributed by atoms with Gasteiger partial charge in [-0.2, -0.15) is 0 Å². The average Bonchev–Trinajstić information content (AvgIpc) is 2.84. The molecular weight excluding hydrogens is 265 g/mol. The summed E-state index contributed by atoms with van der Waals surface area (Å²) >= 11 is 0. The van der Waals surface area contributed by atoms with Crippen LogP contribution in [0.5, 0.6) is 0 Å². The fourth-order valence-electron chi connectivity index (χ4n) is 3.19. The third-order valence-electron chi connectivity index (χ3n) is 4.41. The molecule has 0 radical (unpaired) electrons. The van der Waals surface area contributed by atoms with Gasteiger partial charge in [0.2, 0.25) is 0 Å². The average molecular weight is 293 g/mol. The molecule has 21 heavy (non-hydrogen) atoms. The Morgan fingerprint density at radius 2 is 2.24 bits per heavy atom. The fraction of sp³-hybridized carbons (Fsp3) is 0.647. The summed E-state index contributed by atoms with van der Waals surface area (Å²) in [6.07, 6.45) is 1.21. The molecule has 1 aliphatic rings. The van der Waals surface area contributed by atoms with E-state index in [9.17, 15) is 4.39 Å². The molecule has 1 aromatic carbocycles. The minimum absolute atomic E-state index is 0.119. The summed E-state index contributed by atoms with van der Waals surface area (Å²) in [6.45, 7) is 8.20. The first-order chi connectivity index (χ1) is 10.0. The van der Waals surface area contributed by atoms with Crippen molar-refractivity contribution >= 4 is 5.69 Å². The molecule has 1 N–H and O–H groups in total. The zero-order valence-corrected chi connectivity index (χ0v) is 13.7. The van der Waals surface area contributed by atoms with Gasteiger partial charge < -0.3 is 15.1 Å². The van der Waals surface area contributed by atoms with Gasteiger partial charge in [-0.3, -0.25) is 0 Å². The Morgan fingerprint density at radius 3 is 2.81 bits per heavy atom. The summed E-state index contributed by atoms with van der Waals surface area (Å²) in [5.74, 6) is 0.519. The molecule has 4 heteroatoms. The highest BCUT2D eigenvalue weighted by Crippen LogP contribution is 2.25. The summed E-state index contributed by atoms with van der Waals surface area (Å²) < 4.78 is 14.4. The van der Waals surface area contributed by atoms with Crippen LogP contribution in [-0.4, -0.2) is 45.2 Å². The largest absolute Gasteiger partial charge is 0.372 e. The van der Waals surface area contributed by atoms with Gasteiger partial charge in [0.05, 0.1) is 5.69 Å². The van der Waals surface area contributed by atoms with E-state index < -0.39 is 0 Å². The van der Waals surface area contributed by atoms with Gasteiger partial charge in [-0.25, -0.2) is 4.39 Å². The third-order valence-corrected chi connectivity index (χ3v) is 4.41. The van der Waals surface area contributed by atoms with E-state index in [1.807, 2.05) is 19.2 Å². The molecule has 1 heterocycles. The molecule has 0 aliphatic carbocycles. The van der Waals surface area contributed by atoms with Crippen molar-refractivity contribution < 1.29 is 4.39 Å². The number of anilines is 1. The molecule has 1 fully saturated rings. The predicted octanol–water partition coefficient (Wildman–Crippen LogP) is 2.88. The molecular formula is C17H28FN3. The van der Waals surface area contributed by atoms with Gasteiger partial charge in [-0.1, -0.05) is 13.0 Å². The van der Waals surface area contributed by atoms with Crippen molar-refractivity contribution in [1.82, 2.24) is 10.2 Å². The molecule has 3 nitrogen and oxygen atoms in total. The van der Waals surface area contributed by atoms with Crippen molar-refractivity contribution in [2.24, 2.45) is 5.92 Å². The first kappa shape index (κ1) is 16.2. The number of hydrogen-bond acceptors (Lipinski definition) is 3. The quantitative estimate of drug-likeness (QED) is 0.870. The van der Waals surface area contributed by atoms with Crippen LogP contribution >= 0.6 is 0 Å². The lowest BCUT2D eigenvalue weighted by molar-refractivity contribution is 0.395. The Kier molecular flexibility index (Phi) is 5.59. The summed E-state index contributed by atoms with van der Waals surface area (Å²) in [5.41, 5.74) is 1.71. The summed E-state index contributed by atoms with van der Waals surface area (Å²) in [5, 5.41) is 3.32. The zero-order valence-electron chi connectivity index (χ0n) is 13.7. The molecule has 2 atom stereocenters. The number of rotatable bonds is 6. The van der Waals surface area contributed by atoms with Gasteiger partial charge >= 0.3 is 0 Å². The van der Waals surface area contributed by atoms with Crippen LogP contribution in [0.4, 0.5) is 10.1 Å². The van der Waals surface area contributed by atoms with Gasteiger partial charge in [0.15, 0.2) is 0 Å². The molecule has 1 saturated heterocycles. The normalized spacial score (nSPS) is 20.7. The van der Waals surface area contributed by atoms with Crippen LogP contribution in [0.3, 0.4) is 0 Å². The number of hydrogen-bond donors (Lipinski definition) is 1. The lowest BCUT2D eigenvalue weighted by atomic mass is 10.1. The second-order valence-corrected chi connectivity index (χ2v) is 6.29. The van der Waals surface area contributed by atoms with Crippen molar-refractivity contribution in [3.8, 4) is 0 Å². The van der Waals surface area contributed by atoms with Crippen LogP contribution in [0.25, 0.3) is 0 Å². The van der Waals surface area contributed by atoms with Crippen LogP contribution in [0.1, 0.15) is 31.9 Å². The number of halogens is 1. The van der Waals surface area contributed by atoms with Crippen molar-refractivity contribution in [2.75, 3.05) is 45.2 Å². The third kappa shape index (κ3) is 4.17. The molecule has 0 amide bonds. The maximum Gasteiger partial charge on any atom is 0.146 e. The molecule has 1 aliphatic heterocycles. The van der Waals surface area contributed by atoms with Crippen molar-refractivity contribution in [3.63, 3.8) is 0 Å². The second kappa shape index (κ2) is 7.23. The monoisotopic (exact) mass is 293 g/mol. The smallest absolute Gasteiger partial charge is 0.146 e. The predicted molar refractivity (Wildman–Crippen MR) is 87.4 cm³/mol. The van der Waals surface area contributed by atoms with E-state index in [0.29, 0.717) is 11.6 Å². The first-order valence-corrected chi connectivity index (χ1v) is 7.93. The van der Waals surface area contributed by atoms with Crippen LogP contribution in [0.2, 0.25) is 0 Å². The summed E-state index contributed by atoms with van der Waals surface area (Å²) in [7, 11) is 4.14. The van der Waals surface area contributed by atoms with E-state index in [-0.39, 0.29) is 11.9 Å². The van der Waals surface area contributed by atoms with Gasteiger partial charge in [0.25, 0.3) is 0 Å². The highest BCUT2D eigenvalue weighted by molar-refractivity contribution is 5.49. The minimum Gasteiger partial charge on any atom is -0.372 e. The SMILES string of the molecule is CCNC(C)c1ccc(N(C)CC2CCN(C)C2)c(F)c1. The minimum atomic E-state index is -0.119. The van der Waals surface area contributed by atoms with E-state index in [1.165, 1.54) is 6.42 Å². The summed E-state index contributed by atoms with van der Waals surface area (Å²) in [6, 6.07) is 5.80. The molecule has 0 spiro atoms. The second-order valence-electron chi connectivity index (χ2n) is 6.29. The maximum atomic E-state index is 14.4. The van der Waals surface area contributed by atoms with Crippen molar-refractivity contribution in [2.45, 2.75) is 26.3 Å². The molecule has 0 saturated carbocycles. The lowest BCUT2D eigenvalue weighted by Gasteiger charge is -2.24. The van der Waals surface area contributed by atoms with Gasteiger partial charge in [-0.05, 0) is 57.1 Å².